The van der Waals surface area contributed by atoms with Crippen LogP contribution >= 0.6 is 0 Å². The van der Waals surface area contributed by atoms with Crippen LogP contribution in [0.3, 0.4) is 0 Å². The lowest BCUT2D eigenvalue weighted by Gasteiger charge is -2.19. The van der Waals surface area contributed by atoms with Gasteiger partial charge in [-0.15, -0.1) is 0 Å². The third-order valence-electron chi connectivity index (χ3n) is 9.34. The summed E-state index contributed by atoms with van der Waals surface area (Å²) in [6.45, 7) is 5.22. The topological polar surface area (TPSA) is 71.1 Å². The highest BCUT2D eigenvalue weighted by Gasteiger charge is 2.20. The lowest BCUT2D eigenvalue weighted by atomic mass is 10.0. The van der Waals surface area contributed by atoms with Crippen LogP contribution in [-0.4, -0.2) is 29.4 Å². The van der Waals surface area contributed by atoms with Crippen molar-refractivity contribution in [2.75, 3.05) is 6.54 Å². The van der Waals surface area contributed by atoms with Gasteiger partial charge in [-0.2, -0.15) is 0 Å². The molecular weight excluding hydrogens is 578 g/mol. The molecule has 0 aliphatic carbocycles. The Labute approximate surface area is 291 Å². The van der Waals surface area contributed by atoms with Gasteiger partial charge in [-0.25, -0.2) is 0 Å². The fourth-order valence-corrected chi connectivity index (χ4v) is 6.24. The first kappa shape index (κ1) is 42.9. The molecule has 1 rings (SSSR count). The van der Waals surface area contributed by atoms with Crippen LogP contribution in [0, 0.1) is 0 Å². The highest BCUT2D eigenvalue weighted by atomic mass is 16.2. The summed E-state index contributed by atoms with van der Waals surface area (Å²) in [6, 6.07) is 3.30. The van der Waals surface area contributed by atoms with Crippen molar-refractivity contribution in [3.8, 4) is 0 Å². The van der Waals surface area contributed by atoms with Gasteiger partial charge in [0.15, 0.2) is 0 Å². The molecule has 0 fully saturated rings. The smallest absolute Gasteiger partial charge is 0.242 e. The highest BCUT2D eigenvalue weighted by Crippen LogP contribution is 2.14. The van der Waals surface area contributed by atoms with E-state index in [1.54, 1.807) is 12.4 Å². The summed E-state index contributed by atoms with van der Waals surface area (Å²) >= 11 is 0. The summed E-state index contributed by atoms with van der Waals surface area (Å²) in [5.41, 5.74) is 1.01. The zero-order valence-corrected chi connectivity index (χ0v) is 31.0. The summed E-state index contributed by atoms with van der Waals surface area (Å²) < 4.78 is 0. The molecule has 0 saturated carbocycles. The first-order chi connectivity index (χ1) is 23.2. The van der Waals surface area contributed by atoms with Crippen molar-refractivity contribution in [3.05, 3.63) is 42.2 Å². The first-order valence-corrected chi connectivity index (χ1v) is 20.3. The molecule has 1 unspecified atom stereocenters. The molecule has 5 nitrogen and oxygen atoms in total. The fraction of sp³-hybridized carbons (Fsp3) is 0.786. The average molecular weight is 654 g/mol. The predicted molar refractivity (Wildman–Crippen MR) is 203 cm³/mol. The van der Waals surface area contributed by atoms with Crippen LogP contribution in [-0.2, 0) is 16.0 Å². The molecule has 0 saturated heterocycles. The van der Waals surface area contributed by atoms with Crippen molar-refractivity contribution in [1.29, 1.82) is 0 Å². The first-order valence-electron chi connectivity index (χ1n) is 20.3. The average Bonchev–Trinajstić information content (AvgIpc) is 3.08. The van der Waals surface area contributed by atoms with E-state index in [1.165, 1.54) is 148 Å². The van der Waals surface area contributed by atoms with Crippen molar-refractivity contribution < 1.29 is 9.59 Å². The third kappa shape index (κ3) is 28.5. The van der Waals surface area contributed by atoms with Crippen LogP contribution in [0.15, 0.2) is 36.7 Å². The quantitative estimate of drug-likeness (QED) is 0.0574. The van der Waals surface area contributed by atoms with Gasteiger partial charge < -0.3 is 10.6 Å². The Morgan fingerprint density at radius 2 is 1.02 bits per heavy atom. The minimum absolute atomic E-state index is 0.0201. The second-order valence-corrected chi connectivity index (χ2v) is 13.9. The third-order valence-corrected chi connectivity index (χ3v) is 9.34. The number of hydrogen-bond acceptors (Lipinski definition) is 3. The molecule has 47 heavy (non-hydrogen) atoms. The van der Waals surface area contributed by atoms with Crippen molar-refractivity contribution in [3.63, 3.8) is 0 Å². The minimum atomic E-state index is -0.542. The van der Waals surface area contributed by atoms with Crippen LogP contribution in [0.1, 0.15) is 199 Å². The maximum absolute atomic E-state index is 13.1. The van der Waals surface area contributed by atoms with Crippen molar-refractivity contribution >= 4 is 11.8 Å². The van der Waals surface area contributed by atoms with Crippen LogP contribution in [0.2, 0.25) is 0 Å². The van der Waals surface area contributed by atoms with E-state index in [-0.39, 0.29) is 11.8 Å². The van der Waals surface area contributed by atoms with E-state index in [1.807, 2.05) is 12.1 Å². The molecule has 1 atom stereocenters. The number of carbonyl (C=O) groups excluding carboxylic acids is 2. The molecule has 0 aromatic carbocycles. The molecule has 0 aliphatic heterocycles. The second-order valence-electron chi connectivity index (χ2n) is 13.9. The lowest BCUT2D eigenvalue weighted by Crippen LogP contribution is -2.48. The molecule has 0 bridgehead atoms. The lowest BCUT2D eigenvalue weighted by molar-refractivity contribution is -0.129. The number of carbonyl (C=O) groups is 2. The fourth-order valence-electron chi connectivity index (χ4n) is 6.24. The molecule has 0 radical (unpaired) electrons. The van der Waals surface area contributed by atoms with Crippen LogP contribution in [0.25, 0.3) is 0 Å². The van der Waals surface area contributed by atoms with Crippen LogP contribution < -0.4 is 10.6 Å². The summed E-state index contributed by atoms with van der Waals surface area (Å²) in [7, 11) is 0. The normalized spacial score (nSPS) is 12.0. The molecule has 1 aromatic rings. The van der Waals surface area contributed by atoms with E-state index in [9.17, 15) is 9.59 Å². The van der Waals surface area contributed by atoms with E-state index in [0.29, 0.717) is 19.4 Å². The SMILES string of the molecule is CCCCCCCC/C=C/CCCCCCCC(=O)NC(Cc1ccncc1)C(=O)NCCCCCCCCCCCCCCCC. The molecular formula is C42H75N3O2. The number of allylic oxidation sites excluding steroid dienone is 2. The Morgan fingerprint density at radius 3 is 1.51 bits per heavy atom. The summed E-state index contributed by atoms with van der Waals surface area (Å²) in [5.74, 6) is -0.0947. The largest absolute Gasteiger partial charge is 0.354 e. The van der Waals surface area contributed by atoms with Gasteiger partial charge in [-0.3, -0.25) is 14.6 Å². The maximum Gasteiger partial charge on any atom is 0.242 e. The van der Waals surface area contributed by atoms with Gasteiger partial charge in [-0.05, 0) is 56.2 Å². The van der Waals surface area contributed by atoms with Gasteiger partial charge in [0.2, 0.25) is 11.8 Å². The Balaban J connectivity index is 2.14. The monoisotopic (exact) mass is 654 g/mol. The highest BCUT2D eigenvalue weighted by molar-refractivity contribution is 5.87. The molecule has 5 heteroatoms. The summed E-state index contributed by atoms with van der Waals surface area (Å²) in [5, 5.41) is 6.14. The van der Waals surface area contributed by atoms with Gasteiger partial charge in [0.25, 0.3) is 0 Å². The number of rotatable bonds is 34. The number of nitrogens with one attached hydrogen (secondary N) is 2. The van der Waals surface area contributed by atoms with Gasteiger partial charge >= 0.3 is 0 Å². The predicted octanol–water partition coefficient (Wildman–Crippen LogP) is 11.7. The molecule has 1 aromatic heterocycles. The second kappa shape index (κ2) is 33.7. The number of aromatic nitrogens is 1. The number of amides is 2. The Hall–Kier alpha value is -2.17. The van der Waals surface area contributed by atoms with E-state index in [2.05, 4.69) is 41.6 Å². The zero-order chi connectivity index (χ0) is 33.9. The van der Waals surface area contributed by atoms with E-state index in [0.717, 1.165) is 31.2 Å². The van der Waals surface area contributed by atoms with Gasteiger partial charge in [0.1, 0.15) is 6.04 Å². The van der Waals surface area contributed by atoms with Crippen molar-refractivity contribution in [2.45, 2.75) is 206 Å². The van der Waals surface area contributed by atoms with Gasteiger partial charge in [0.05, 0.1) is 0 Å². The number of pyridine rings is 1. The van der Waals surface area contributed by atoms with E-state index >= 15 is 0 Å². The van der Waals surface area contributed by atoms with Gasteiger partial charge in [0, 0.05) is 31.8 Å². The van der Waals surface area contributed by atoms with Crippen LogP contribution in [0.5, 0.6) is 0 Å². The zero-order valence-electron chi connectivity index (χ0n) is 31.0. The van der Waals surface area contributed by atoms with E-state index in [4.69, 9.17) is 0 Å². The summed E-state index contributed by atoms with van der Waals surface area (Å²) in [4.78, 5) is 30.0. The molecule has 0 aliphatic rings. The summed E-state index contributed by atoms with van der Waals surface area (Å²) in [6.07, 6.45) is 43.8. The molecule has 2 N–H and O–H groups in total. The molecule has 270 valence electrons. The van der Waals surface area contributed by atoms with Crippen LogP contribution in [0.4, 0.5) is 0 Å². The maximum atomic E-state index is 13.1. The Bertz CT molecular complexity index is 857. The van der Waals surface area contributed by atoms with Gasteiger partial charge in [-0.1, -0.05) is 161 Å². The molecule has 1 heterocycles. The van der Waals surface area contributed by atoms with E-state index < -0.39 is 6.04 Å². The Kier molecular flexibility index (Phi) is 30.7. The van der Waals surface area contributed by atoms with Crippen molar-refractivity contribution in [1.82, 2.24) is 15.6 Å². The number of nitrogens with zero attached hydrogens (tertiary/aromatic N) is 1. The standard InChI is InChI=1S/C42H75N3O2/c1-3-5-7-9-11-13-15-17-19-20-22-24-26-28-30-32-41(46)45-40(38-39-33-36-43-37-34-39)42(47)44-35-31-29-27-25-23-21-18-16-14-12-10-8-6-4-2/h17,19,33-34,36-37,40H,3-16,18,20-32,35,38H2,1-2H3,(H,44,47)(H,45,46)/b19-17+. The number of unbranched alkanes of at least 4 members (excludes halogenated alkanes) is 24. The molecule has 0 spiro atoms. The molecule has 2 amide bonds. The van der Waals surface area contributed by atoms with Crippen molar-refractivity contribution in [2.24, 2.45) is 0 Å². The number of hydrogen-bond donors (Lipinski definition) is 2. The minimum Gasteiger partial charge on any atom is -0.354 e. The Morgan fingerprint density at radius 1 is 0.596 bits per heavy atom.